The van der Waals surface area contributed by atoms with Gasteiger partial charge in [0, 0.05) is 5.00 Å². The van der Waals surface area contributed by atoms with Crippen molar-refractivity contribution < 1.29 is 0 Å². The lowest BCUT2D eigenvalue weighted by Crippen LogP contribution is -2.24. The van der Waals surface area contributed by atoms with Crippen LogP contribution >= 0.6 is 11.6 Å². The highest BCUT2D eigenvalue weighted by molar-refractivity contribution is 6.66. The minimum absolute atomic E-state index is 0.0288. The SMILES string of the molecule is C=Cc1ccccc1[Si]C(Cl)C=C. The molecule has 1 rings (SSSR count). The van der Waals surface area contributed by atoms with E-state index in [9.17, 15) is 0 Å². The lowest BCUT2D eigenvalue weighted by molar-refractivity contribution is 1.59. The van der Waals surface area contributed by atoms with Crippen LogP contribution in [0.2, 0.25) is 0 Å². The number of alkyl halides is 1. The van der Waals surface area contributed by atoms with Gasteiger partial charge >= 0.3 is 0 Å². The first kappa shape index (κ1) is 10.3. The van der Waals surface area contributed by atoms with Crippen molar-refractivity contribution in [3.63, 3.8) is 0 Å². The average Bonchev–Trinajstić information content (AvgIpc) is 2.18. The van der Waals surface area contributed by atoms with Crippen molar-refractivity contribution in [3.05, 3.63) is 49.1 Å². The molecule has 2 heteroatoms. The lowest BCUT2D eigenvalue weighted by Gasteiger charge is -2.05. The zero-order valence-corrected chi connectivity index (χ0v) is 9.09. The van der Waals surface area contributed by atoms with Crippen LogP contribution in [0.4, 0.5) is 0 Å². The van der Waals surface area contributed by atoms with Crippen LogP contribution in [0.15, 0.2) is 43.5 Å². The predicted molar refractivity (Wildman–Crippen MR) is 61.8 cm³/mol. The maximum absolute atomic E-state index is 5.99. The van der Waals surface area contributed by atoms with Gasteiger partial charge in [0.25, 0.3) is 0 Å². The molecule has 2 radical (unpaired) electrons. The van der Waals surface area contributed by atoms with Gasteiger partial charge in [0.05, 0.1) is 0 Å². The smallest absolute Gasteiger partial charge is 0.109 e. The summed E-state index contributed by atoms with van der Waals surface area (Å²) in [7, 11) is 0.560. The number of allylic oxidation sites excluding steroid dienone is 1. The van der Waals surface area contributed by atoms with Crippen molar-refractivity contribution in [3.8, 4) is 0 Å². The standard InChI is InChI=1S/C11H11ClSi/c1-3-9-7-5-6-8-10(9)13-11(12)4-2/h3-8,11H,1-2H2. The zero-order valence-electron chi connectivity index (χ0n) is 7.33. The van der Waals surface area contributed by atoms with E-state index in [1.165, 1.54) is 5.19 Å². The van der Waals surface area contributed by atoms with Crippen molar-refractivity contribution in [2.24, 2.45) is 0 Å². The summed E-state index contributed by atoms with van der Waals surface area (Å²) in [6, 6.07) is 8.14. The molecular weight excluding hydrogens is 196 g/mol. The van der Waals surface area contributed by atoms with Crippen LogP contribution in [0.1, 0.15) is 5.56 Å². The van der Waals surface area contributed by atoms with E-state index in [2.05, 4.69) is 19.2 Å². The summed E-state index contributed by atoms with van der Waals surface area (Å²) in [4.78, 5) is 0. The predicted octanol–water partition coefficient (Wildman–Crippen LogP) is 2.41. The normalized spacial score (nSPS) is 12.1. The largest absolute Gasteiger partial charge is 0.122 e. The summed E-state index contributed by atoms with van der Waals surface area (Å²) in [5.74, 6) is 0. The third-order valence-corrected chi connectivity index (χ3v) is 3.46. The molecule has 0 bridgehead atoms. The van der Waals surface area contributed by atoms with Crippen LogP contribution in [0.3, 0.4) is 0 Å². The molecule has 1 atom stereocenters. The minimum atomic E-state index is 0.0288. The minimum Gasteiger partial charge on any atom is -0.122 e. The molecule has 0 saturated carbocycles. The molecule has 66 valence electrons. The number of halogens is 1. The number of rotatable bonds is 4. The van der Waals surface area contributed by atoms with Crippen molar-refractivity contribution >= 4 is 32.4 Å². The summed E-state index contributed by atoms with van der Waals surface area (Å²) >= 11 is 5.99. The zero-order chi connectivity index (χ0) is 9.68. The Morgan fingerprint density at radius 1 is 1.31 bits per heavy atom. The highest BCUT2D eigenvalue weighted by Crippen LogP contribution is 2.00. The fourth-order valence-electron chi connectivity index (χ4n) is 1.01. The van der Waals surface area contributed by atoms with E-state index in [4.69, 9.17) is 11.6 Å². The van der Waals surface area contributed by atoms with Crippen LogP contribution in [0.25, 0.3) is 6.08 Å². The van der Waals surface area contributed by atoms with Crippen molar-refractivity contribution in [2.45, 2.75) is 5.00 Å². The van der Waals surface area contributed by atoms with E-state index in [0.29, 0.717) is 9.52 Å². The van der Waals surface area contributed by atoms with E-state index >= 15 is 0 Å². The highest BCUT2D eigenvalue weighted by atomic mass is 35.5. The number of hydrogen-bond donors (Lipinski definition) is 0. The number of benzene rings is 1. The van der Waals surface area contributed by atoms with Crippen molar-refractivity contribution in [1.82, 2.24) is 0 Å². The van der Waals surface area contributed by atoms with E-state index in [1.54, 1.807) is 6.08 Å². The van der Waals surface area contributed by atoms with Gasteiger partial charge in [-0.2, -0.15) is 0 Å². The molecule has 0 fully saturated rings. The first-order valence-electron chi connectivity index (χ1n) is 4.02. The summed E-state index contributed by atoms with van der Waals surface area (Å²) in [6.07, 6.45) is 3.62. The Labute approximate surface area is 86.8 Å². The molecule has 0 aliphatic carbocycles. The molecule has 0 nitrogen and oxygen atoms in total. The second-order valence-corrected chi connectivity index (χ2v) is 4.86. The first-order valence-corrected chi connectivity index (χ1v) is 5.54. The van der Waals surface area contributed by atoms with E-state index < -0.39 is 0 Å². The molecule has 0 N–H and O–H groups in total. The summed E-state index contributed by atoms with van der Waals surface area (Å²) < 4.78 is 0. The van der Waals surface area contributed by atoms with Gasteiger partial charge in [-0.25, -0.2) is 0 Å². The van der Waals surface area contributed by atoms with Crippen molar-refractivity contribution in [2.75, 3.05) is 0 Å². The highest BCUT2D eigenvalue weighted by Gasteiger charge is 2.05. The second kappa shape index (κ2) is 5.05. The Kier molecular flexibility index (Phi) is 4.00. The third kappa shape index (κ3) is 2.87. The Morgan fingerprint density at radius 2 is 2.00 bits per heavy atom. The summed E-state index contributed by atoms with van der Waals surface area (Å²) in [5.41, 5.74) is 1.16. The Morgan fingerprint density at radius 3 is 2.62 bits per heavy atom. The fourth-order valence-corrected chi connectivity index (χ4v) is 2.33. The Bertz CT molecular complexity index is 307. The van der Waals surface area contributed by atoms with Crippen molar-refractivity contribution in [1.29, 1.82) is 0 Å². The molecular formula is C11H11ClSi. The maximum Gasteiger partial charge on any atom is 0.109 e. The summed E-state index contributed by atoms with van der Waals surface area (Å²) in [6.45, 7) is 7.42. The van der Waals surface area contributed by atoms with Gasteiger partial charge in [0.15, 0.2) is 0 Å². The van der Waals surface area contributed by atoms with Crippen LogP contribution in [-0.2, 0) is 0 Å². The van der Waals surface area contributed by atoms with E-state index in [0.717, 1.165) is 5.56 Å². The van der Waals surface area contributed by atoms with Gasteiger partial charge in [0.2, 0.25) is 0 Å². The van der Waals surface area contributed by atoms with Gasteiger partial charge in [0.1, 0.15) is 9.52 Å². The Hall–Kier alpha value is -0.793. The molecule has 0 aliphatic heterocycles. The molecule has 0 saturated heterocycles. The third-order valence-electron chi connectivity index (χ3n) is 1.68. The monoisotopic (exact) mass is 206 g/mol. The molecule has 0 aromatic heterocycles. The molecule has 13 heavy (non-hydrogen) atoms. The number of hydrogen-bond acceptors (Lipinski definition) is 0. The summed E-state index contributed by atoms with van der Waals surface area (Å²) in [5, 5.41) is 1.28. The first-order chi connectivity index (χ1) is 6.27. The van der Waals surface area contributed by atoms with Crippen LogP contribution in [-0.4, -0.2) is 14.5 Å². The molecule has 1 aromatic carbocycles. The topological polar surface area (TPSA) is 0 Å². The van der Waals surface area contributed by atoms with Gasteiger partial charge in [-0.05, 0) is 5.56 Å². The van der Waals surface area contributed by atoms with Crippen LogP contribution in [0, 0.1) is 0 Å². The molecule has 0 heterocycles. The van der Waals surface area contributed by atoms with Gasteiger partial charge in [-0.15, -0.1) is 18.2 Å². The maximum atomic E-state index is 5.99. The fraction of sp³-hybridized carbons (Fsp3) is 0.0909. The Balaban J connectivity index is 2.86. The van der Waals surface area contributed by atoms with E-state index in [-0.39, 0.29) is 5.00 Å². The second-order valence-electron chi connectivity index (χ2n) is 2.57. The van der Waals surface area contributed by atoms with Gasteiger partial charge < -0.3 is 0 Å². The van der Waals surface area contributed by atoms with Gasteiger partial charge in [-0.1, -0.05) is 48.2 Å². The van der Waals surface area contributed by atoms with Crippen LogP contribution in [0.5, 0.6) is 0 Å². The molecule has 1 unspecified atom stereocenters. The average molecular weight is 207 g/mol. The molecule has 0 aliphatic rings. The van der Waals surface area contributed by atoms with Crippen LogP contribution < -0.4 is 5.19 Å². The van der Waals surface area contributed by atoms with E-state index in [1.807, 2.05) is 24.3 Å². The molecule has 0 amide bonds. The molecule has 1 aromatic rings. The van der Waals surface area contributed by atoms with Gasteiger partial charge in [-0.3, -0.25) is 0 Å². The lowest BCUT2D eigenvalue weighted by atomic mass is 10.2. The quantitative estimate of drug-likeness (QED) is 0.403. The molecule has 0 spiro atoms.